The summed E-state index contributed by atoms with van der Waals surface area (Å²) in [5.41, 5.74) is 3.18. The van der Waals surface area contributed by atoms with Gasteiger partial charge in [0.15, 0.2) is 0 Å². The third-order valence-electron chi connectivity index (χ3n) is 7.53. The zero-order valence-electron chi connectivity index (χ0n) is 20.6. The number of carbonyl (C=O) groups is 1. The average molecular weight is 543 g/mol. The topological polar surface area (TPSA) is 113 Å². The SMILES string of the molecule is COc1ccc2nccc([C@@H](O)CN3C4CCC3CC(NCc3ccc5c(n3)NC(=O)CS5)C4)c2n1.Cl. The number of carbonyl (C=O) groups excluding carboxylic acids is 1. The van der Waals surface area contributed by atoms with Crippen LogP contribution in [-0.4, -0.2) is 68.4 Å². The van der Waals surface area contributed by atoms with Gasteiger partial charge in [0, 0.05) is 49.0 Å². The van der Waals surface area contributed by atoms with E-state index in [0.717, 1.165) is 47.4 Å². The zero-order valence-corrected chi connectivity index (χ0v) is 22.2. The van der Waals surface area contributed by atoms with E-state index in [1.165, 1.54) is 11.8 Å². The number of methoxy groups -OCH3 is 1. The number of halogens is 1. The quantitative estimate of drug-likeness (QED) is 0.414. The molecule has 3 N–H and O–H groups in total. The number of aliphatic hydroxyl groups excluding tert-OH is 1. The first-order valence-corrected chi connectivity index (χ1v) is 13.5. The van der Waals surface area contributed by atoms with Crippen molar-refractivity contribution in [2.75, 3.05) is 24.7 Å². The summed E-state index contributed by atoms with van der Waals surface area (Å²) in [6.45, 7) is 1.26. The molecule has 196 valence electrons. The summed E-state index contributed by atoms with van der Waals surface area (Å²) in [5.74, 6) is 1.65. The van der Waals surface area contributed by atoms with Crippen LogP contribution in [-0.2, 0) is 11.3 Å². The van der Waals surface area contributed by atoms with Crippen molar-refractivity contribution in [1.29, 1.82) is 0 Å². The van der Waals surface area contributed by atoms with Crippen LogP contribution in [0.3, 0.4) is 0 Å². The number of ether oxygens (including phenoxy) is 1. The maximum Gasteiger partial charge on any atom is 0.235 e. The molecule has 1 amide bonds. The molecule has 3 aliphatic heterocycles. The summed E-state index contributed by atoms with van der Waals surface area (Å²) >= 11 is 1.53. The number of hydrogen-bond acceptors (Lipinski definition) is 9. The normalized spacial score (nSPS) is 23.7. The van der Waals surface area contributed by atoms with E-state index in [4.69, 9.17) is 4.74 Å². The van der Waals surface area contributed by atoms with Crippen LogP contribution in [0.15, 0.2) is 41.4 Å². The first-order chi connectivity index (χ1) is 17.6. The van der Waals surface area contributed by atoms with E-state index >= 15 is 0 Å². The van der Waals surface area contributed by atoms with Crippen LogP contribution in [0.5, 0.6) is 5.88 Å². The van der Waals surface area contributed by atoms with Gasteiger partial charge in [-0.3, -0.25) is 14.7 Å². The van der Waals surface area contributed by atoms with Gasteiger partial charge in [-0.05, 0) is 49.9 Å². The molecule has 6 rings (SSSR count). The number of anilines is 1. The molecule has 0 aliphatic carbocycles. The lowest BCUT2D eigenvalue weighted by Crippen LogP contribution is -2.50. The zero-order chi connectivity index (χ0) is 24.6. The average Bonchev–Trinajstić information content (AvgIpc) is 3.12. The van der Waals surface area contributed by atoms with Crippen molar-refractivity contribution in [3.05, 3.63) is 47.8 Å². The Hall–Kier alpha value is -2.50. The summed E-state index contributed by atoms with van der Waals surface area (Å²) in [6.07, 6.45) is 5.49. The highest BCUT2D eigenvalue weighted by molar-refractivity contribution is 8.00. The lowest BCUT2D eigenvalue weighted by molar-refractivity contribution is -0.113. The van der Waals surface area contributed by atoms with Gasteiger partial charge in [0.1, 0.15) is 5.82 Å². The fourth-order valence-corrected chi connectivity index (χ4v) is 6.55. The van der Waals surface area contributed by atoms with Crippen LogP contribution in [0.1, 0.15) is 43.0 Å². The molecule has 11 heteroatoms. The van der Waals surface area contributed by atoms with Gasteiger partial charge in [0.05, 0.1) is 40.6 Å². The molecule has 3 aliphatic rings. The first kappa shape index (κ1) is 26.1. The number of hydrogen-bond donors (Lipinski definition) is 3. The summed E-state index contributed by atoms with van der Waals surface area (Å²) in [6, 6.07) is 10.9. The highest BCUT2D eigenvalue weighted by atomic mass is 35.5. The number of fused-ring (bicyclic) bond motifs is 4. The van der Waals surface area contributed by atoms with Crippen LogP contribution in [0.2, 0.25) is 0 Å². The molecule has 3 aromatic heterocycles. The van der Waals surface area contributed by atoms with Gasteiger partial charge >= 0.3 is 0 Å². The highest BCUT2D eigenvalue weighted by Gasteiger charge is 2.41. The van der Waals surface area contributed by atoms with Crippen LogP contribution < -0.4 is 15.4 Å². The van der Waals surface area contributed by atoms with Crippen LogP contribution >= 0.6 is 24.2 Å². The molecule has 3 aromatic rings. The van der Waals surface area contributed by atoms with E-state index in [1.54, 1.807) is 19.4 Å². The molecule has 37 heavy (non-hydrogen) atoms. The second-order valence-corrected chi connectivity index (χ2v) is 10.8. The molecule has 2 bridgehead atoms. The predicted octanol–water partition coefficient (Wildman–Crippen LogP) is 3.32. The second kappa shape index (κ2) is 11.1. The largest absolute Gasteiger partial charge is 0.481 e. The van der Waals surface area contributed by atoms with E-state index in [1.807, 2.05) is 24.3 Å². The van der Waals surface area contributed by atoms with Gasteiger partial charge in [0.2, 0.25) is 11.8 Å². The predicted molar refractivity (Wildman–Crippen MR) is 145 cm³/mol. The third-order valence-corrected chi connectivity index (χ3v) is 8.58. The summed E-state index contributed by atoms with van der Waals surface area (Å²) in [7, 11) is 1.59. The lowest BCUT2D eigenvalue weighted by Gasteiger charge is -2.40. The van der Waals surface area contributed by atoms with E-state index in [9.17, 15) is 9.90 Å². The molecule has 0 aromatic carbocycles. The van der Waals surface area contributed by atoms with Crippen molar-refractivity contribution in [3.8, 4) is 5.88 Å². The van der Waals surface area contributed by atoms with Crippen molar-refractivity contribution >= 4 is 46.9 Å². The number of nitrogens with zero attached hydrogens (tertiary/aromatic N) is 4. The van der Waals surface area contributed by atoms with Crippen molar-refractivity contribution in [2.45, 2.75) is 61.4 Å². The number of piperidine rings is 1. The monoisotopic (exact) mass is 542 g/mol. The van der Waals surface area contributed by atoms with Gasteiger partial charge in [-0.1, -0.05) is 0 Å². The molecule has 2 fully saturated rings. The molecule has 9 nitrogen and oxygen atoms in total. The molecule has 2 unspecified atom stereocenters. The van der Waals surface area contributed by atoms with E-state index in [-0.39, 0.29) is 18.3 Å². The number of aromatic nitrogens is 3. The number of rotatable bonds is 7. The van der Waals surface area contributed by atoms with Crippen molar-refractivity contribution < 1.29 is 14.6 Å². The Morgan fingerprint density at radius 1 is 1.19 bits per heavy atom. The lowest BCUT2D eigenvalue weighted by atomic mass is 9.96. The minimum absolute atomic E-state index is 0. The minimum atomic E-state index is -0.643. The Kier molecular flexibility index (Phi) is 7.83. The molecule has 6 heterocycles. The standard InChI is InChI=1S/C26H30N6O3S.ClH/c1-35-24-7-5-20-25(31-24)19(8-9-27-20)21(33)13-32-17-3-4-18(32)11-16(10-17)28-12-15-2-6-22-26(29-15)30-23(34)14-36-22;/h2,5-9,16-18,21,28,33H,3-4,10-14H2,1H3,(H,29,30,34);1H/t16?,17?,18?,21-;/m0./s1. The van der Waals surface area contributed by atoms with Crippen molar-refractivity contribution in [2.24, 2.45) is 0 Å². The third kappa shape index (κ3) is 5.39. The molecular weight excluding hydrogens is 512 g/mol. The highest BCUT2D eigenvalue weighted by Crippen LogP contribution is 2.38. The van der Waals surface area contributed by atoms with Gasteiger partial charge in [-0.15, -0.1) is 24.2 Å². The number of aliphatic hydroxyl groups is 1. The fourth-order valence-electron chi connectivity index (χ4n) is 5.80. The van der Waals surface area contributed by atoms with Gasteiger partial charge < -0.3 is 20.5 Å². The van der Waals surface area contributed by atoms with Crippen molar-refractivity contribution in [3.63, 3.8) is 0 Å². The van der Waals surface area contributed by atoms with Gasteiger partial charge in [0.25, 0.3) is 0 Å². The molecule has 0 saturated carbocycles. The molecule has 3 atom stereocenters. The Labute approximate surface area is 226 Å². The maximum atomic E-state index is 11.7. The van der Waals surface area contributed by atoms with E-state index < -0.39 is 6.10 Å². The Bertz CT molecular complexity index is 1280. The van der Waals surface area contributed by atoms with Gasteiger partial charge in [-0.2, -0.15) is 0 Å². The second-order valence-electron chi connectivity index (χ2n) is 9.75. The summed E-state index contributed by atoms with van der Waals surface area (Å²) in [4.78, 5) is 28.8. The number of thioether (sulfide) groups is 1. The minimum Gasteiger partial charge on any atom is -0.481 e. The van der Waals surface area contributed by atoms with Crippen LogP contribution in [0.25, 0.3) is 11.0 Å². The van der Waals surface area contributed by atoms with Crippen LogP contribution in [0, 0.1) is 0 Å². The molecular formula is C26H31ClN6O3S. The van der Waals surface area contributed by atoms with E-state index in [2.05, 4.69) is 30.5 Å². The molecule has 0 radical (unpaired) electrons. The number of nitrogens with one attached hydrogen (secondary N) is 2. The summed E-state index contributed by atoms with van der Waals surface area (Å²) in [5, 5.41) is 17.8. The maximum absolute atomic E-state index is 11.7. The Morgan fingerprint density at radius 3 is 2.78 bits per heavy atom. The van der Waals surface area contributed by atoms with Crippen molar-refractivity contribution in [1.82, 2.24) is 25.2 Å². The smallest absolute Gasteiger partial charge is 0.235 e. The Morgan fingerprint density at radius 2 is 2.00 bits per heavy atom. The van der Waals surface area contributed by atoms with Crippen LogP contribution in [0.4, 0.5) is 5.82 Å². The number of amides is 1. The Balaban J connectivity index is 0.00000280. The number of pyridine rings is 3. The summed E-state index contributed by atoms with van der Waals surface area (Å²) < 4.78 is 5.29. The van der Waals surface area contributed by atoms with E-state index in [0.29, 0.717) is 54.2 Å². The molecule has 0 spiro atoms. The van der Waals surface area contributed by atoms with Gasteiger partial charge in [-0.25, -0.2) is 9.97 Å². The molecule has 2 saturated heterocycles. The fraction of sp³-hybridized carbons (Fsp3) is 0.462. The first-order valence-electron chi connectivity index (χ1n) is 12.5.